The summed E-state index contributed by atoms with van der Waals surface area (Å²) in [5, 5.41) is 20.1. The molecule has 7 nitrogen and oxygen atoms in total. The van der Waals surface area contributed by atoms with E-state index < -0.39 is 4.92 Å². The van der Waals surface area contributed by atoms with Crippen LogP contribution in [0, 0.1) is 19.6 Å². The van der Waals surface area contributed by atoms with Gasteiger partial charge < -0.3 is 20.0 Å². The van der Waals surface area contributed by atoms with Crippen molar-refractivity contribution >= 4 is 44.3 Å². The normalized spacial score (nSPS) is 12.1. The van der Waals surface area contributed by atoms with Crippen LogP contribution in [0.4, 0.5) is 5.82 Å². The van der Waals surface area contributed by atoms with Crippen molar-refractivity contribution in [3.8, 4) is 5.75 Å². The molecule has 0 saturated carbocycles. The molecule has 1 aromatic heterocycles. The first-order valence-electron chi connectivity index (χ1n) is 6.36. The molecule has 0 spiro atoms. The van der Waals surface area contributed by atoms with Crippen LogP contribution in [-0.4, -0.2) is 32.8 Å². The second kappa shape index (κ2) is 7.88. The molecule has 0 radical (unpaired) electrons. The fraction of sp³-hybridized carbons (Fsp3) is 0.308. The fourth-order valence-corrected chi connectivity index (χ4v) is 2.57. The van der Waals surface area contributed by atoms with E-state index in [9.17, 15) is 15.2 Å². The quantitative estimate of drug-likeness (QED) is 0.373. The number of nitro groups is 1. The Morgan fingerprint density at radius 1 is 1.45 bits per heavy atom. The van der Waals surface area contributed by atoms with E-state index in [-0.39, 0.29) is 18.3 Å². The molecule has 1 unspecified atom stereocenters. The van der Waals surface area contributed by atoms with Gasteiger partial charge in [-0.15, -0.1) is 0 Å². The van der Waals surface area contributed by atoms with E-state index >= 15 is 0 Å². The maximum atomic E-state index is 10.7. The largest absolute Gasteiger partial charge is 0.493 e. The number of hydrogen-bond donors (Lipinski definition) is 1. The summed E-state index contributed by atoms with van der Waals surface area (Å²) in [7, 11) is 0. The molecule has 1 atom stereocenters. The van der Waals surface area contributed by atoms with Gasteiger partial charge in [0.15, 0.2) is 0 Å². The van der Waals surface area contributed by atoms with E-state index in [0.717, 1.165) is 9.32 Å². The zero-order valence-electron chi connectivity index (χ0n) is 11.4. The molecule has 1 heterocycles. The van der Waals surface area contributed by atoms with Crippen LogP contribution in [0.3, 0.4) is 0 Å². The maximum Gasteiger partial charge on any atom is 0.382 e. The first-order chi connectivity index (χ1) is 10.5. The van der Waals surface area contributed by atoms with Crippen molar-refractivity contribution in [3.05, 3.63) is 48.9 Å². The molecule has 22 heavy (non-hydrogen) atoms. The summed E-state index contributed by atoms with van der Waals surface area (Å²) in [5.74, 6) is 0.279. The van der Waals surface area contributed by atoms with Gasteiger partial charge in [-0.05, 0) is 56.8 Å². The number of ether oxygens (including phenoxy) is 1. The number of aliphatic hydroxyl groups excluding tert-OH is 1. The number of aliphatic hydroxyl groups is 1. The molecule has 0 amide bonds. The van der Waals surface area contributed by atoms with E-state index in [0.29, 0.717) is 17.9 Å². The molecule has 0 bridgehead atoms. The van der Waals surface area contributed by atoms with Crippen molar-refractivity contribution in [2.24, 2.45) is 5.92 Å². The van der Waals surface area contributed by atoms with Gasteiger partial charge in [0, 0.05) is 32.0 Å². The molecule has 1 N–H and O–H groups in total. The molecule has 9 heteroatoms. The summed E-state index contributed by atoms with van der Waals surface area (Å²) < 4.78 is 8.68. The van der Waals surface area contributed by atoms with E-state index in [2.05, 4.69) is 43.5 Å². The van der Waals surface area contributed by atoms with Gasteiger partial charge in [-0.3, -0.25) is 4.57 Å². The number of benzene rings is 1. The van der Waals surface area contributed by atoms with Crippen molar-refractivity contribution in [2.75, 3.05) is 13.2 Å². The Balaban J connectivity index is 1.97. The van der Waals surface area contributed by atoms with Gasteiger partial charge in [-0.25, -0.2) is 0 Å². The van der Waals surface area contributed by atoms with E-state index in [1.165, 1.54) is 6.20 Å². The molecule has 2 rings (SSSR count). The third kappa shape index (κ3) is 4.65. The van der Waals surface area contributed by atoms with Crippen LogP contribution < -0.4 is 4.74 Å². The van der Waals surface area contributed by atoms with Gasteiger partial charge in [0.05, 0.1) is 13.2 Å². The Morgan fingerprint density at radius 3 is 2.68 bits per heavy atom. The van der Waals surface area contributed by atoms with Crippen molar-refractivity contribution in [1.82, 2.24) is 9.55 Å². The minimum Gasteiger partial charge on any atom is -0.493 e. The molecule has 1 aromatic carbocycles. The molecule has 118 valence electrons. The Bertz CT molecular complexity index is 647. The lowest BCUT2D eigenvalue weighted by molar-refractivity contribution is -0.389. The molecular weight excluding hydrogens is 469 g/mol. The summed E-state index contributed by atoms with van der Waals surface area (Å²) >= 11 is 5.38. The Morgan fingerprint density at radius 2 is 2.14 bits per heavy atom. The summed E-state index contributed by atoms with van der Waals surface area (Å²) in [6.45, 7) is 0.570. The molecule has 0 aliphatic rings. The fourth-order valence-electron chi connectivity index (χ4n) is 1.78. The van der Waals surface area contributed by atoms with Gasteiger partial charge in [0.1, 0.15) is 11.9 Å². The van der Waals surface area contributed by atoms with Crippen LogP contribution in [0.5, 0.6) is 5.75 Å². The number of rotatable bonds is 7. The van der Waals surface area contributed by atoms with Gasteiger partial charge in [-0.2, -0.15) is 0 Å². The Kier molecular flexibility index (Phi) is 6.15. The first-order valence-corrected chi connectivity index (χ1v) is 8.23. The lowest BCUT2D eigenvalue weighted by Gasteiger charge is -2.15. The summed E-state index contributed by atoms with van der Waals surface area (Å²) in [4.78, 5) is 13.9. The third-order valence-electron chi connectivity index (χ3n) is 2.91. The molecule has 0 saturated heterocycles. The van der Waals surface area contributed by atoms with Crippen LogP contribution in [0.15, 0.2) is 35.2 Å². The minimum absolute atomic E-state index is 0.0945. The van der Waals surface area contributed by atoms with E-state index in [1.54, 1.807) is 4.57 Å². The maximum absolute atomic E-state index is 10.7. The number of imidazole rings is 1. The summed E-state index contributed by atoms with van der Waals surface area (Å²) in [6, 6.07) is 7.57. The average Bonchev–Trinajstić information content (AvgIpc) is 2.86. The highest BCUT2D eigenvalue weighted by atomic mass is 127. The zero-order chi connectivity index (χ0) is 16.1. The van der Waals surface area contributed by atoms with E-state index in [1.807, 2.05) is 24.3 Å². The predicted molar refractivity (Wildman–Crippen MR) is 91.8 cm³/mol. The van der Waals surface area contributed by atoms with Crippen molar-refractivity contribution in [3.63, 3.8) is 0 Å². The smallest absolute Gasteiger partial charge is 0.382 e. The lowest BCUT2D eigenvalue weighted by atomic mass is 10.2. The van der Waals surface area contributed by atoms with Crippen LogP contribution in [0.25, 0.3) is 0 Å². The monoisotopic (exact) mass is 481 g/mol. The summed E-state index contributed by atoms with van der Waals surface area (Å²) in [5.41, 5.74) is 0. The van der Waals surface area contributed by atoms with Gasteiger partial charge in [-0.1, -0.05) is 0 Å². The summed E-state index contributed by atoms with van der Waals surface area (Å²) in [6.07, 6.45) is 1.33. The zero-order valence-corrected chi connectivity index (χ0v) is 15.1. The molecular formula is C13H13BrIN3O4. The van der Waals surface area contributed by atoms with Crippen LogP contribution in [-0.2, 0) is 6.54 Å². The third-order valence-corrected chi connectivity index (χ3v) is 4.27. The highest BCUT2D eigenvalue weighted by molar-refractivity contribution is 14.1. The number of nitrogens with zero attached hydrogens (tertiary/aromatic N) is 3. The SMILES string of the molecule is O=[N+]([O-])c1cn(CC(CO)COc2ccc(I)cc2)c(Br)n1. The highest BCUT2D eigenvalue weighted by Crippen LogP contribution is 2.19. The number of halogens is 2. The molecule has 2 aromatic rings. The molecule has 0 aliphatic heterocycles. The number of hydrogen-bond acceptors (Lipinski definition) is 5. The second-order valence-corrected chi connectivity index (χ2v) is 6.55. The Labute approximate surface area is 148 Å². The minimum atomic E-state index is -0.558. The van der Waals surface area contributed by atoms with Crippen molar-refractivity contribution < 1.29 is 14.8 Å². The van der Waals surface area contributed by atoms with Crippen LogP contribution >= 0.6 is 38.5 Å². The lowest BCUT2D eigenvalue weighted by Crippen LogP contribution is -2.21. The first kappa shape index (κ1) is 17.2. The Hall–Kier alpha value is -1.20. The topological polar surface area (TPSA) is 90.4 Å². The predicted octanol–water partition coefficient (Wildman–Crippen LogP) is 2.85. The highest BCUT2D eigenvalue weighted by Gasteiger charge is 2.19. The van der Waals surface area contributed by atoms with E-state index in [4.69, 9.17) is 4.74 Å². The van der Waals surface area contributed by atoms with Crippen LogP contribution in [0.1, 0.15) is 0 Å². The van der Waals surface area contributed by atoms with Gasteiger partial charge >= 0.3 is 5.82 Å². The average molecular weight is 482 g/mol. The standard InChI is InChI=1S/C13H13BrIN3O4/c14-13-16-12(18(20)21)6-17(13)5-9(7-19)8-22-11-3-1-10(15)2-4-11/h1-4,6,9,19H,5,7-8H2. The van der Waals surface area contributed by atoms with Crippen LogP contribution in [0.2, 0.25) is 0 Å². The second-order valence-electron chi connectivity index (χ2n) is 4.59. The van der Waals surface area contributed by atoms with Crippen molar-refractivity contribution in [2.45, 2.75) is 6.54 Å². The van der Waals surface area contributed by atoms with Crippen molar-refractivity contribution in [1.29, 1.82) is 0 Å². The van der Waals surface area contributed by atoms with Gasteiger partial charge in [0.2, 0.25) is 0 Å². The number of aromatic nitrogens is 2. The molecule has 0 fully saturated rings. The van der Waals surface area contributed by atoms with Gasteiger partial charge in [0.25, 0.3) is 4.73 Å². The molecule has 0 aliphatic carbocycles.